The smallest absolute Gasteiger partial charge is 0.326 e. The van der Waals surface area contributed by atoms with Gasteiger partial charge >= 0.3 is 5.97 Å². The number of ether oxygens (including phenoxy) is 1. The molecule has 5 nitrogen and oxygen atoms in total. The molecule has 2 aliphatic heterocycles. The molecule has 118 valence electrons. The van der Waals surface area contributed by atoms with Crippen molar-refractivity contribution in [2.45, 2.75) is 37.3 Å². The molecule has 0 unspecified atom stereocenters. The lowest BCUT2D eigenvalue weighted by Gasteiger charge is -2.28. The summed E-state index contributed by atoms with van der Waals surface area (Å²) >= 11 is 0. The van der Waals surface area contributed by atoms with E-state index in [-0.39, 0.29) is 23.8 Å². The number of rotatable bonds is 3. The van der Waals surface area contributed by atoms with Gasteiger partial charge in [-0.2, -0.15) is 0 Å². The first kappa shape index (κ1) is 15.0. The maximum Gasteiger partial charge on any atom is 0.326 e. The van der Waals surface area contributed by atoms with E-state index in [2.05, 4.69) is 10.6 Å². The molecular formula is C17H22N2O3. The second-order valence-electron chi connectivity index (χ2n) is 6.23. The van der Waals surface area contributed by atoms with E-state index in [0.717, 1.165) is 24.9 Å². The van der Waals surface area contributed by atoms with Gasteiger partial charge in [-0.25, -0.2) is 0 Å². The molecule has 0 aromatic heterocycles. The minimum absolute atomic E-state index is 0.0466. The van der Waals surface area contributed by atoms with Crippen LogP contribution in [0, 0.1) is 5.92 Å². The average Bonchev–Trinajstić information content (AvgIpc) is 2.83. The molecule has 1 amide bonds. The molecule has 0 bridgehead atoms. The number of hydrogen-bond acceptors (Lipinski definition) is 4. The number of fused-ring (bicyclic) bond motifs is 1. The van der Waals surface area contributed by atoms with Crippen LogP contribution in [0.1, 0.15) is 24.8 Å². The standard InChI is InChI=1S/C17H22N2O3/c1-22-16(21)17(10-12-6-3-2-4-7-12)11-13-14(19-17)8-5-9-18-15(13)20/h2-4,6-7,13-14,19H,5,8-11H2,1H3,(H,18,20)/t13-,14-,17-/m0/s1. The van der Waals surface area contributed by atoms with Gasteiger partial charge in [0, 0.05) is 19.0 Å². The zero-order valence-electron chi connectivity index (χ0n) is 12.8. The number of amides is 1. The SMILES string of the molecule is COC(=O)[C@]1(Cc2ccccc2)C[C@@H]2C(=O)NCCC[C@@H]2N1. The summed E-state index contributed by atoms with van der Waals surface area (Å²) in [5.74, 6) is -0.392. The molecule has 2 aliphatic rings. The summed E-state index contributed by atoms with van der Waals surface area (Å²) < 4.78 is 5.05. The van der Waals surface area contributed by atoms with Crippen molar-refractivity contribution in [1.29, 1.82) is 0 Å². The summed E-state index contributed by atoms with van der Waals surface area (Å²) in [5.41, 5.74) is 0.261. The van der Waals surface area contributed by atoms with E-state index in [9.17, 15) is 9.59 Å². The lowest BCUT2D eigenvalue weighted by atomic mass is 9.85. The molecule has 1 aromatic carbocycles. The fourth-order valence-electron chi connectivity index (χ4n) is 3.72. The van der Waals surface area contributed by atoms with Gasteiger partial charge in [-0.3, -0.25) is 14.9 Å². The van der Waals surface area contributed by atoms with Crippen molar-refractivity contribution in [2.75, 3.05) is 13.7 Å². The second-order valence-corrected chi connectivity index (χ2v) is 6.23. The summed E-state index contributed by atoms with van der Waals surface area (Å²) in [5, 5.41) is 6.38. The van der Waals surface area contributed by atoms with Gasteiger partial charge in [-0.1, -0.05) is 30.3 Å². The molecule has 0 saturated carbocycles. The number of carbonyl (C=O) groups is 2. The molecular weight excluding hydrogens is 280 g/mol. The predicted octanol–water partition coefficient (Wildman–Crippen LogP) is 1.03. The molecule has 1 aromatic rings. The minimum Gasteiger partial charge on any atom is -0.468 e. The molecule has 0 radical (unpaired) electrons. The van der Waals surface area contributed by atoms with Gasteiger partial charge < -0.3 is 10.1 Å². The Balaban J connectivity index is 1.88. The Hall–Kier alpha value is -1.88. The van der Waals surface area contributed by atoms with E-state index in [1.54, 1.807) is 0 Å². The van der Waals surface area contributed by atoms with E-state index in [1.807, 2.05) is 30.3 Å². The van der Waals surface area contributed by atoms with Crippen molar-refractivity contribution < 1.29 is 14.3 Å². The molecule has 3 rings (SSSR count). The molecule has 0 aliphatic carbocycles. The molecule has 2 heterocycles. The highest BCUT2D eigenvalue weighted by Gasteiger charge is 2.53. The van der Waals surface area contributed by atoms with Crippen LogP contribution in [0.3, 0.4) is 0 Å². The third kappa shape index (κ3) is 2.73. The van der Waals surface area contributed by atoms with Gasteiger partial charge in [-0.15, -0.1) is 0 Å². The lowest BCUT2D eigenvalue weighted by Crippen LogP contribution is -2.52. The van der Waals surface area contributed by atoms with Crippen LogP contribution < -0.4 is 10.6 Å². The first-order valence-corrected chi connectivity index (χ1v) is 7.82. The monoisotopic (exact) mass is 302 g/mol. The zero-order valence-corrected chi connectivity index (χ0v) is 12.8. The largest absolute Gasteiger partial charge is 0.468 e. The van der Waals surface area contributed by atoms with E-state index >= 15 is 0 Å². The van der Waals surface area contributed by atoms with Gasteiger partial charge in [0.15, 0.2) is 0 Å². The third-order valence-electron chi connectivity index (χ3n) is 4.77. The van der Waals surface area contributed by atoms with Crippen molar-refractivity contribution >= 4 is 11.9 Å². The Bertz CT molecular complexity index is 560. The first-order chi connectivity index (χ1) is 10.6. The molecule has 0 spiro atoms. The van der Waals surface area contributed by atoms with Crippen molar-refractivity contribution in [1.82, 2.24) is 10.6 Å². The van der Waals surface area contributed by atoms with Gasteiger partial charge in [0.2, 0.25) is 5.91 Å². The van der Waals surface area contributed by atoms with Crippen LogP contribution in [0.25, 0.3) is 0 Å². The topological polar surface area (TPSA) is 67.4 Å². The van der Waals surface area contributed by atoms with Crippen molar-refractivity contribution in [3.63, 3.8) is 0 Å². The summed E-state index contributed by atoms with van der Waals surface area (Å²) in [7, 11) is 1.41. The number of methoxy groups -OCH3 is 1. The fourth-order valence-corrected chi connectivity index (χ4v) is 3.72. The van der Waals surface area contributed by atoms with Crippen LogP contribution in [0.4, 0.5) is 0 Å². The molecule has 22 heavy (non-hydrogen) atoms. The fraction of sp³-hybridized carbons (Fsp3) is 0.529. The van der Waals surface area contributed by atoms with E-state index in [4.69, 9.17) is 4.74 Å². The zero-order chi connectivity index (χ0) is 15.6. The molecule has 3 atom stereocenters. The Kier molecular flexibility index (Phi) is 4.16. The Morgan fingerprint density at radius 3 is 2.86 bits per heavy atom. The maximum atomic E-state index is 12.5. The number of esters is 1. The highest BCUT2D eigenvalue weighted by atomic mass is 16.5. The molecule has 5 heteroatoms. The molecule has 2 N–H and O–H groups in total. The minimum atomic E-state index is -0.805. The third-order valence-corrected chi connectivity index (χ3v) is 4.77. The Morgan fingerprint density at radius 2 is 2.14 bits per heavy atom. The molecule has 2 saturated heterocycles. The number of carbonyl (C=O) groups excluding carboxylic acids is 2. The van der Waals surface area contributed by atoms with E-state index < -0.39 is 5.54 Å². The Labute approximate surface area is 130 Å². The van der Waals surface area contributed by atoms with Gasteiger partial charge in [0.05, 0.1) is 13.0 Å². The summed E-state index contributed by atoms with van der Waals surface area (Å²) in [6.07, 6.45) is 2.87. The maximum absolute atomic E-state index is 12.5. The highest BCUT2D eigenvalue weighted by Crippen LogP contribution is 2.35. The first-order valence-electron chi connectivity index (χ1n) is 7.82. The van der Waals surface area contributed by atoms with Crippen LogP contribution >= 0.6 is 0 Å². The average molecular weight is 302 g/mol. The summed E-state index contributed by atoms with van der Waals surface area (Å²) in [4.78, 5) is 24.7. The number of hydrogen-bond donors (Lipinski definition) is 2. The van der Waals surface area contributed by atoms with E-state index in [0.29, 0.717) is 12.8 Å². The van der Waals surface area contributed by atoms with Gasteiger partial charge in [0.1, 0.15) is 5.54 Å². The Morgan fingerprint density at radius 1 is 1.36 bits per heavy atom. The summed E-state index contributed by atoms with van der Waals surface area (Å²) in [6, 6.07) is 9.92. The van der Waals surface area contributed by atoms with Crippen molar-refractivity contribution in [3.05, 3.63) is 35.9 Å². The van der Waals surface area contributed by atoms with Gasteiger partial charge in [-0.05, 0) is 24.8 Å². The normalized spacial score (nSPS) is 31.0. The number of nitrogens with one attached hydrogen (secondary N) is 2. The van der Waals surface area contributed by atoms with Crippen LogP contribution in [0.15, 0.2) is 30.3 Å². The predicted molar refractivity (Wildman–Crippen MR) is 82.2 cm³/mol. The highest BCUT2D eigenvalue weighted by molar-refractivity contribution is 5.86. The van der Waals surface area contributed by atoms with Gasteiger partial charge in [0.25, 0.3) is 0 Å². The van der Waals surface area contributed by atoms with Crippen LogP contribution in [-0.2, 0) is 20.7 Å². The van der Waals surface area contributed by atoms with E-state index in [1.165, 1.54) is 7.11 Å². The van der Waals surface area contributed by atoms with Crippen LogP contribution in [-0.4, -0.2) is 37.1 Å². The lowest BCUT2D eigenvalue weighted by molar-refractivity contribution is -0.148. The molecule has 2 fully saturated rings. The van der Waals surface area contributed by atoms with Crippen LogP contribution in [0.5, 0.6) is 0 Å². The quantitative estimate of drug-likeness (QED) is 0.818. The summed E-state index contributed by atoms with van der Waals surface area (Å²) in [6.45, 7) is 0.720. The van der Waals surface area contributed by atoms with Crippen molar-refractivity contribution in [3.8, 4) is 0 Å². The van der Waals surface area contributed by atoms with Crippen LogP contribution in [0.2, 0.25) is 0 Å². The second kappa shape index (κ2) is 6.08. The number of benzene rings is 1. The van der Waals surface area contributed by atoms with Crippen molar-refractivity contribution in [2.24, 2.45) is 5.92 Å².